The number of halogens is 1. The fourth-order valence-corrected chi connectivity index (χ4v) is 3.52. The molecule has 2 aromatic rings. The molecule has 1 saturated carbocycles. The average Bonchev–Trinajstić information content (AvgIpc) is 2.64. The molecule has 1 fully saturated rings. The van der Waals surface area contributed by atoms with E-state index in [1.54, 1.807) is 17.4 Å². The number of thiazole rings is 1. The van der Waals surface area contributed by atoms with Gasteiger partial charge in [0.1, 0.15) is 5.82 Å². The Balaban J connectivity index is 1.89. The molecule has 0 saturated heterocycles. The minimum atomic E-state index is -0.230. The predicted molar refractivity (Wildman–Crippen MR) is 74.6 cm³/mol. The molecule has 1 aromatic heterocycles. The summed E-state index contributed by atoms with van der Waals surface area (Å²) in [6.45, 7) is 9.05. The van der Waals surface area contributed by atoms with E-state index in [2.05, 4.69) is 38.0 Å². The van der Waals surface area contributed by atoms with Crippen molar-refractivity contribution in [1.29, 1.82) is 0 Å². The number of benzene rings is 1. The third-order valence-electron chi connectivity index (χ3n) is 4.64. The van der Waals surface area contributed by atoms with Crippen molar-refractivity contribution in [2.24, 2.45) is 10.8 Å². The van der Waals surface area contributed by atoms with Crippen LogP contribution in [0.25, 0.3) is 10.2 Å². The average molecular weight is 264 g/mol. The van der Waals surface area contributed by atoms with Crippen LogP contribution >= 0.6 is 11.3 Å². The molecule has 1 N–H and O–H groups in total. The van der Waals surface area contributed by atoms with Gasteiger partial charge >= 0.3 is 0 Å². The molecular formula is C14H17FN2S. The molecule has 1 aliphatic rings. The second-order valence-corrected chi connectivity index (χ2v) is 7.18. The van der Waals surface area contributed by atoms with Gasteiger partial charge in [0.25, 0.3) is 0 Å². The summed E-state index contributed by atoms with van der Waals surface area (Å²) in [4.78, 5) is 4.45. The summed E-state index contributed by atoms with van der Waals surface area (Å²) in [5.41, 5.74) is 1.28. The lowest BCUT2D eigenvalue weighted by atomic mass is 10.0. The third-order valence-corrected chi connectivity index (χ3v) is 5.61. The summed E-state index contributed by atoms with van der Waals surface area (Å²) in [5, 5.41) is 4.38. The van der Waals surface area contributed by atoms with Crippen molar-refractivity contribution in [3.63, 3.8) is 0 Å². The van der Waals surface area contributed by atoms with Crippen molar-refractivity contribution >= 4 is 26.7 Å². The van der Waals surface area contributed by atoms with Crippen LogP contribution in [0.4, 0.5) is 9.52 Å². The van der Waals surface area contributed by atoms with E-state index in [-0.39, 0.29) is 16.6 Å². The molecule has 2 nitrogen and oxygen atoms in total. The lowest BCUT2D eigenvalue weighted by Crippen LogP contribution is -2.09. The van der Waals surface area contributed by atoms with E-state index in [1.807, 2.05) is 0 Å². The van der Waals surface area contributed by atoms with E-state index >= 15 is 0 Å². The second kappa shape index (κ2) is 3.44. The largest absolute Gasteiger partial charge is 0.358 e. The molecule has 18 heavy (non-hydrogen) atoms. The van der Waals surface area contributed by atoms with E-state index < -0.39 is 0 Å². The lowest BCUT2D eigenvalue weighted by Gasteiger charge is -2.02. The maximum absolute atomic E-state index is 13.1. The molecule has 3 rings (SSSR count). The summed E-state index contributed by atoms with van der Waals surface area (Å²) in [5.74, 6) is -0.230. The van der Waals surface area contributed by atoms with E-state index in [4.69, 9.17) is 0 Å². The number of anilines is 1. The van der Waals surface area contributed by atoms with Crippen LogP contribution in [0.2, 0.25) is 0 Å². The van der Waals surface area contributed by atoms with E-state index in [1.165, 1.54) is 12.1 Å². The lowest BCUT2D eigenvalue weighted by molar-refractivity contribution is 0.457. The maximum Gasteiger partial charge on any atom is 0.184 e. The molecule has 4 heteroatoms. The van der Waals surface area contributed by atoms with Crippen molar-refractivity contribution in [2.75, 3.05) is 5.32 Å². The Bertz CT molecular complexity index is 601. The zero-order chi connectivity index (χ0) is 13.1. The summed E-state index contributed by atoms with van der Waals surface area (Å²) >= 11 is 1.59. The van der Waals surface area contributed by atoms with Crippen LogP contribution in [-0.4, -0.2) is 11.0 Å². The Morgan fingerprint density at radius 3 is 2.50 bits per heavy atom. The van der Waals surface area contributed by atoms with Gasteiger partial charge in [-0.1, -0.05) is 39.0 Å². The highest BCUT2D eigenvalue weighted by Gasteiger charge is 2.65. The van der Waals surface area contributed by atoms with Crippen LogP contribution in [0.1, 0.15) is 27.7 Å². The molecule has 0 aliphatic heterocycles. The van der Waals surface area contributed by atoms with Crippen LogP contribution in [0.3, 0.4) is 0 Å². The van der Waals surface area contributed by atoms with Crippen molar-refractivity contribution in [1.82, 2.24) is 4.98 Å². The molecule has 0 atom stereocenters. The van der Waals surface area contributed by atoms with Crippen LogP contribution in [0.5, 0.6) is 0 Å². The van der Waals surface area contributed by atoms with Crippen LogP contribution in [0.15, 0.2) is 18.2 Å². The summed E-state index contributed by atoms with van der Waals surface area (Å²) < 4.78 is 14.1. The molecule has 1 aliphatic carbocycles. The van der Waals surface area contributed by atoms with Crippen LogP contribution < -0.4 is 5.32 Å². The van der Waals surface area contributed by atoms with Gasteiger partial charge in [-0.25, -0.2) is 9.37 Å². The molecule has 1 heterocycles. The zero-order valence-electron chi connectivity index (χ0n) is 11.0. The highest BCUT2D eigenvalue weighted by Crippen LogP contribution is 2.63. The first-order valence-electron chi connectivity index (χ1n) is 6.15. The van der Waals surface area contributed by atoms with Gasteiger partial charge in [0, 0.05) is 12.1 Å². The van der Waals surface area contributed by atoms with Gasteiger partial charge in [0.2, 0.25) is 0 Å². The predicted octanol–water partition coefficient (Wildman–Crippen LogP) is 4.28. The fraction of sp³-hybridized carbons (Fsp3) is 0.500. The SMILES string of the molecule is CC1(C)C(Nc2nc3cc(F)ccc3s2)C1(C)C. The van der Waals surface area contributed by atoms with E-state index in [0.29, 0.717) is 6.04 Å². The van der Waals surface area contributed by atoms with E-state index in [0.717, 1.165) is 15.3 Å². The number of nitrogens with zero attached hydrogens (tertiary/aromatic N) is 1. The Morgan fingerprint density at radius 1 is 1.22 bits per heavy atom. The molecule has 0 spiro atoms. The van der Waals surface area contributed by atoms with Gasteiger partial charge < -0.3 is 5.32 Å². The summed E-state index contributed by atoms with van der Waals surface area (Å²) in [6, 6.07) is 5.18. The monoisotopic (exact) mass is 264 g/mol. The molecule has 0 bridgehead atoms. The quantitative estimate of drug-likeness (QED) is 0.875. The molecule has 1 aromatic carbocycles. The number of hydrogen-bond acceptors (Lipinski definition) is 3. The first-order chi connectivity index (χ1) is 8.32. The smallest absolute Gasteiger partial charge is 0.184 e. The van der Waals surface area contributed by atoms with Gasteiger partial charge in [-0.3, -0.25) is 0 Å². The highest BCUT2D eigenvalue weighted by molar-refractivity contribution is 7.22. The number of aromatic nitrogens is 1. The normalized spacial score (nSPS) is 21.2. The minimum Gasteiger partial charge on any atom is -0.358 e. The Kier molecular flexibility index (Phi) is 2.28. The maximum atomic E-state index is 13.1. The number of nitrogens with one attached hydrogen (secondary N) is 1. The molecule has 0 radical (unpaired) electrons. The zero-order valence-corrected chi connectivity index (χ0v) is 11.9. The first-order valence-corrected chi connectivity index (χ1v) is 6.96. The van der Waals surface area contributed by atoms with Crippen molar-refractivity contribution in [3.05, 3.63) is 24.0 Å². The van der Waals surface area contributed by atoms with Crippen LogP contribution in [-0.2, 0) is 0 Å². The summed E-state index contributed by atoms with van der Waals surface area (Å²) in [6.07, 6.45) is 0. The van der Waals surface area contributed by atoms with Gasteiger partial charge in [0.05, 0.1) is 10.2 Å². The van der Waals surface area contributed by atoms with E-state index in [9.17, 15) is 4.39 Å². The van der Waals surface area contributed by atoms with Crippen LogP contribution in [0, 0.1) is 16.6 Å². The van der Waals surface area contributed by atoms with Gasteiger partial charge in [0.15, 0.2) is 5.13 Å². The van der Waals surface area contributed by atoms with Crippen molar-refractivity contribution in [2.45, 2.75) is 33.7 Å². The fourth-order valence-electron chi connectivity index (χ4n) is 2.64. The number of hydrogen-bond donors (Lipinski definition) is 1. The first kappa shape index (κ1) is 11.9. The molecule has 0 amide bonds. The Hall–Kier alpha value is -1.16. The molecule has 96 valence electrons. The van der Waals surface area contributed by atoms with Gasteiger partial charge in [-0.05, 0) is 23.0 Å². The number of fused-ring (bicyclic) bond motifs is 1. The van der Waals surface area contributed by atoms with Crippen molar-refractivity contribution in [3.8, 4) is 0 Å². The Labute approximate surface area is 110 Å². The standard InChI is InChI=1S/C14H17FN2S/c1-13(2)11(14(13,3)4)17-12-16-9-7-8(15)5-6-10(9)18-12/h5-7,11H,1-4H3,(H,16,17). The minimum absolute atomic E-state index is 0.230. The third kappa shape index (κ3) is 1.55. The van der Waals surface area contributed by atoms with Gasteiger partial charge in [-0.2, -0.15) is 0 Å². The molecule has 0 unspecified atom stereocenters. The van der Waals surface area contributed by atoms with Gasteiger partial charge in [-0.15, -0.1) is 0 Å². The second-order valence-electron chi connectivity index (χ2n) is 6.15. The number of rotatable bonds is 2. The molecular weight excluding hydrogens is 247 g/mol. The Morgan fingerprint density at radius 2 is 1.89 bits per heavy atom. The topological polar surface area (TPSA) is 24.9 Å². The highest BCUT2D eigenvalue weighted by atomic mass is 32.1. The summed E-state index contributed by atoms with van der Waals surface area (Å²) in [7, 11) is 0. The van der Waals surface area contributed by atoms with Crippen molar-refractivity contribution < 1.29 is 4.39 Å².